The normalized spacial score (nSPS) is 10.1. The molecule has 0 atom stereocenters. The fourth-order valence-corrected chi connectivity index (χ4v) is 1.49. The molecule has 0 saturated heterocycles. The van der Waals surface area contributed by atoms with Gasteiger partial charge in [0.25, 0.3) is 0 Å². The topological polar surface area (TPSA) is 45.8 Å². The van der Waals surface area contributed by atoms with Crippen LogP contribution in [0.25, 0.3) is 11.3 Å². The first-order valence-electron chi connectivity index (χ1n) is 4.06. The van der Waals surface area contributed by atoms with Gasteiger partial charge in [-0.2, -0.15) is 5.10 Å². The summed E-state index contributed by atoms with van der Waals surface area (Å²) < 4.78 is 0. The van der Waals surface area contributed by atoms with Crippen molar-refractivity contribution in [1.29, 1.82) is 0 Å². The molecular weight excluding hydrogens is 200 g/mol. The Morgan fingerprint density at radius 3 is 2.86 bits per heavy atom. The van der Waals surface area contributed by atoms with Crippen molar-refractivity contribution in [3.05, 3.63) is 41.0 Å². The molecule has 2 aromatic rings. The van der Waals surface area contributed by atoms with Gasteiger partial charge in [-0.1, -0.05) is 29.8 Å². The molecular formula is C10H7ClN2O. The third-order valence-corrected chi connectivity index (χ3v) is 2.27. The van der Waals surface area contributed by atoms with Gasteiger partial charge in [0.1, 0.15) is 0 Å². The summed E-state index contributed by atoms with van der Waals surface area (Å²) in [5, 5.41) is 7.14. The Hall–Kier alpha value is -1.61. The standard InChI is InChI=1S/C10H7ClN2O/c11-9-4-2-1-3-8(9)10-7(6-14)5-12-13-10/h1-6H,(H,12,13). The van der Waals surface area contributed by atoms with Gasteiger partial charge in [0.15, 0.2) is 6.29 Å². The van der Waals surface area contributed by atoms with E-state index in [0.29, 0.717) is 16.3 Å². The number of nitrogens with one attached hydrogen (secondary N) is 1. The number of halogens is 1. The van der Waals surface area contributed by atoms with Gasteiger partial charge >= 0.3 is 0 Å². The highest BCUT2D eigenvalue weighted by Gasteiger charge is 2.09. The first-order valence-corrected chi connectivity index (χ1v) is 4.44. The maximum atomic E-state index is 10.7. The van der Waals surface area contributed by atoms with E-state index in [-0.39, 0.29) is 0 Å². The van der Waals surface area contributed by atoms with Crippen LogP contribution in [0, 0.1) is 0 Å². The molecule has 2 rings (SSSR count). The van der Waals surface area contributed by atoms with Crippen molar-refractivity contribution in [3.8, 4) is 11.3 Å². The molecule has 70 valence electrons. The molecule has 0 aliphatic heterocycles. The summed E-state index contributed by atoms with van der Waals surface area (Å²) >= 11 is 5.98. The Labute approximate surface area is 85.7 Å². The third-order valence-electron chi connectivity index (χ3n) is 1.94. The lowest BCUT2D eigenvalue weighted by Crippen LogP contribution is -1.84. The number of nitrogens with zero attached hydrogens (tertiary/aromatic N) is 1. The van der Waals surface area contributed by atoms with Crippen molar-refractivity contribution in [2.45, 2.75) is 0 Å². The zero-order chi connectivity index (χ0) is 9.97. The number of aldehydes is 1. The maximum Gasteiger partial charge on any atom is 0.153 e. The number of aromatic amines is 1. The van der Waals surface area contributed by atoms with Crippen LogP contribution in [0.5, 0.6) is 0 Å². The molecule has 1 aromatic carbocycles. The van der Waals surface area contributed by atoms with Crippen LogP contribution in [-0.4, -0.2) is 16.5 Å². The minimum Gasteiger partial charge on any atom is -0.298 e. The first kappa shape index (κ1) is 8.97. The van der Waals surface area contributed by atoms with Crippen LogP contribution in [-0.2, 0) is 0 Å². The smallest absolute Gasteiger partial charge is 0.153 e. The molecule has 1 N–H and O–H groups in total. The van der Waals surface area contributed by atoms with Crippen LogP contribution in [0.2, 0.25) is 5.02 Å². The largest absolute Gasteiger partial charge is 0.298 e. The summed E-state index contributed by atoms with van der Waals surface area (Å²) in [6, 6.07) is 7.30. The molecule has 0 fully saturated rings. The van der Waals surface area contributed by atoms with Gasteiger partial charge in [-0.05, 0) is 6.07 Å². The van der Waals surface area contributed by atoms with Crippen LogP contribution in [0.3, 0.4) is 0 Å². The van der Waals surface area contributed by atoms with E-state index >= 15 is 0 Å². The number of hydrogen-bond donors (Lipinski definition) is 1. The highest BCUT2D eigenvalue weighted by Crippen LogP contribution is 2.27. The molecule has 0 spiro atoms. The predicted molar refractivity (Wildman–Crippen MR) is 54.4 cm³/mol. The number of H-pyrrole nitrogens is 1. The van der Waals surface area contributed by atoms with Crippen LogP contribution in [0.4, 0.5) is 0 Å². The van der Waals surface area contributed by atoms with Crippen molar-refractivity contribution in [2.24, 2.45) is 0 Å². The van der Waals surface area contributed by atoms with Crippen molar-refractivity contribution >= 4 is 17.9 Å². The Morgan fingerprint density at radius 2 is 2.14 bits per heavy atom. The lowest BCUT2D eigenvalue weighted by molar-refractivity contribution is 0.112. The van der Waals surface area contributed by atoms with E-state index in [1.807, 2.05) is 18.2 Å². The van der Waals surface area contributed by atoms with Gasteiger partial charge in [-0.25, -0.2) is 0 Å². The van der Waals surface area contributed by atoms with Gasteiger partial charge in [0, 0.05) is 10.6 Å². The minimum absolute atomic E-state index is 0.512. The number of hydrogen-bond acceptors (Lipinski definition) is 2. The summed E-state index contributed by atoms with van der Waals surface area (Å²) in [6.45, 7) is 0. The molecule has 0 bridgehead atoms. The molecule has 0 saturated carbocycles. The average molecular weight is 207 g/mol. The minimum atomic E-state index is 0.512. The number of carbonyl (C=O) groups is 1. The van der Waals surface area contributed by atoms with Gasteiger partial charge in [-0.15, -0.1) is 0 Å². The molecule has 0 unspecified atom stereocenters. The third kappa shape index (κ3) is 1.42. The Balaban J connectivity index is 2.60. The molecule has 14 heavy (non-hydrogen) atoms. The SMILES string of the molecule is O=Cc1cn[nH]c1-c1ccccc1Cl. The Bertz CT molecular complexity index is 465. The monoisotopic (exact) mass is 206 g/mol. The van der Waals surface area contributed by atoms with Crippen LogP contribution >= 0.6 is 11.6 Å². The zero-order valence-corrected chi connectivity index (χ0v) is 7.95. The molecule has 0 radical (unpaired) electrons. The second kappa shape index (κ2) is 3.64. The Morgan fingerprint density at radius 1 is 1.36 bits per heavy atom. The molecule has 0 aliphatic rings. The number of aromatic nitrogens is 2. The quantitative estimate of drug-likeness (QED) is 0.768. The molecule has 1 aromatic heterocycles. The fourth-order valence-electron chi connectivity index (χ4n) is 1.26. The van der Waals surface area contributed by atoms with E-state index in [1.165, 1.54) is 6.20 Å². The highest BCUT2D eigenvalue weighted by molar-refractivity contribution is 6.33. The van der Waals surface area contributed by atoms with Crippen LogP contribution in [0.15, 0.2) is 30.5 Å². The van der Waals surface area contributed by atoms with Crippen molar-refractivity contribution in [1.82, 2.24) is 10.2 Å². The molecule has 4 heteroatoms. The van der Waals surface area contributed by atoms with Crippen LogP contribution < -0.4 is 0 Å². The maximum absolute atomic E-state index is 10.7. The number of benzene rings is 1. The predicted octanol–water partition coefficient (Wildman–Crippen LogP) is 2.54. The van der Waals surface area contributed by atoms with Gasteiger partial charge < -0.3 is 0 Å². The van der Waals surface area contributed by atoms with E-state index in [2.05, 4.69) is 10.2 Å². The second-order valence-corrected chi connectivity index (χ2v) is 3.21. The van der Waals surface area contributed by atoms with Gasteiger partial charge in [0.2, 0.25) is 0 Å². The summed E-state index contributed by atoms with van der Waals surface area (Å²) in [7, 11) is 0. The zero-order valence-electron chi connectivity index (χ0n) is 7.20. The number of carbonyl (C=O) groups excluding carboxylic acids is 1. The van der Waals surface area contributed by atoms with E-state index in [0.717, 1.165) is 11.8 Å². The van der Waals surface area contributed by atoms with Crippen molar-refractivity contribution in [3.63, 3.8) is 0 Å². The van der Waals surface area contributed by atoms with Crippen LogP contribution in [0.1, 0.15) is 10.4 Å². The van der Waals surface area contributed by atoms with E-state index in [4.69, 9.17) is 11.6 Å². The van der Waals surface area contributed by atoms with Gasteiger partial charge in [-0.3, -0.25) is 9.89 Å². The molecule has 0 aliphatic carbocycles. The van der Waals surface area contributed by atoms with Crippen molar-refractivity contribution < 1.29 is 4.79 Å². The molecule has 1 heterocycles. The molecule has 3 nitrogen and oxygen atoms in total. The summed E-state index contributed by atoms with van der Waals surface area (Å²) in [5.74, 6) is 0. The Kier molecular flexibility index (Phi) is 2.33. The van der Waals surface area contributed by atoms with E-state index < -0.39 is 0 Å². The summed E-state index contributed by atoms with van der Waals surface area (Å²) in [5.41, 5.74) is 1.96. The average Bonchev–Trinajstić information content (AvgIpc) is 2.66. The molecule has 0 amide bonds. The van der Waals surface area contributed by atoms with E-state index in [9.17, 15) is 4.79 Å². The lowest BCUT2D eigenvalue weighted by atomic mass is 10.1. The lowest BCUT2D eigenvalue weighted by Gasteiger charge is -2.00. The first-order chi connectivity index (χ1) is 6.83. The van der Waals surface area contributed by atoms with Crippen molar-refractivity contribution in [2.75, 3.05) is 0 Å². The second-order valence-electron chi connectivity index (χ2n) is 2.80. The fraction of sp³-hybridized carbons (Fsp3) is 0. The number of rotatable bonds is 2. The summed E-state index contributed by atoms with van der Waals surface area (Å²) in [6.07, 6.45) is 2.23. The summed E-state index contributed by atoms with van der Waals surface area (Å²) in [4.78, 5) is 10.7. The van der Waals surface area contributed by atoms with E-state index in [1.54, 1.807) is 6.07 Å². The highest BCUT2D eigenvalue weighted by atomic mass is 35.5. The van der Waals surface area contributed by atoms with Gasteiger partial charge in [0.05, 0.1) is 17.5 Å².